The molecule has 0 aromatic heterocycles. The van der Waals surface area contributed by atoms with E-state index < -0.39 is 17.9 Å². The van der Waals surface area contributed by atoms with Crippen molar-refractivity contribution < 1.29 is 28.6 Å². The average Bonchev–Trinajstić information content (AvgIpc) is 2.55. The summed E-state index contributed by atoms with van der Waals surface area (Å²) in [4.78, 5) is 36.7. The molecule has 7 nitrogen and oxygen atoms in total. The van der Waals surface area contributed by atoms with Gasteiger partial charge >= 0.3 is 17.9 Å². The van der Waals surface area contributed by atoms with Crippen LogP contribution < -0.4 is 0 Å². The van der Waals surface area contributed by atoms with Crippen molar-refractivity contribution in [2.75, 3.05) is 33.9 Å². The molecule has 0 spiro atoms. The highest BCUT2D eigenvalue weighted by molar-refractivity contribution is 6.13. The topological polar surface area (TPSA) is 82.1 Å². The first-order valence-electron chi connectivity index (χ1n) is 7.78. The maximum Gasteiger partial charge on any atom is 0.347 e. The second kappa shape index (κ2) is 12.5. The summed E-state index contributed by atoms with van der Waals surface area (Å²) in [5.74, 6) is -2.03. The monoisotopic (exact) mass is 329 g/mol. The molecule has 0 unspecified atom stereocenters. The van der Waals surface area contributed by atoms with Gasteiger partial charge < -0.3 is 19.1 Å². The van der Waals surface area contributed by atoms with Gasteiger partial charge in [0.15, 0.2) is 5.57 Å². The van der Waals surface area contributed by atoms with E-state index in [0.717, 1.165) is 25.7 Å². The molecule has 0 amide bonds. The highest BCUT2D eigenvalue weighted by atomic mass is 16.5. The van der Waals surface area contributed by atoms with E-state index in [4.69, 9.17) is 4.74 Å². The zero-order chi connectivity index (χ0) is 17.7. The summed E-state index contributed by atoms with van der Waals surface area (Å²) in [5.41, 5.74) is -0.242. The highest BCUT2D eigenvalue weighted by Gasteiger charge is 2.22. The van der Waals surface area contributed by atoms with Crippen molar-refractivity contribution in [3.05, 3.63) is 11.8 Å². The number of rotatable bonds is 11. The van der Waals surface area contributed by atoms with Crippen molar-refractivity contribution >= 4 is 17.9 Å². The summed E-state index contributed by atoms with van der Waals surface area (Å²) in [6.07, 6.45) is 5.31. The molecule has 0 aliphatic rings. The van der Waals surface area contributed by atoms with E-state index in [2.05, 4.69) is 16.4 Å². The first-order chi connectivity index (χ1) is 11.0. The number of unbranched alkanes of at least 4 members (excludes halogenated alkanes) is 3. The van der Waals surface area contributed by atoms with E-state index in [1.54, 1.807) is 11.8 Å². The van der Waals surface area contributed by atoms with Gasteiger partial charge in [0.2, 0.25) is 0 Å². The molecule has 23 heavy (non-hydrogen) atoms. The van der Waals surface area contributed by atoms with Gasteiger partial charge in [0.25, 0.3) is 0 Å². The second-order valence-corrected chi connectivity index (χ2v) is 4.86. The first-order valence-corrected chi connectivity index (χ1v) is 7.78. The van der Waals surface area contributed by atoms with Crippen LogP contribution in [0.4, 0.5) is 0 Å². The maximum absolute atomic E-state index is 11.9. The summed E-state index contributed by atoms with van der Waals surface area (Å²) in [6.45, 7) is 4.35. The van der Waals surface area contributed by atoms with Crippen molar-refractivity contribution in [2.24, 2.45) is 0 Å². The Balaban J connectivity index is 5.13. The van der Waals surface area contributed by atoms with Gasteiger partial charge in [0.05, 0.1) is 20.8 Å². The van der Waals surface area contributed by atoms with Gasteiger partial charge in [-0.2, -0.15) is 0 Å². The maximum atomic E-state index is 11.9. The number of methoxy groups -OCH3 is 2. The van der Waals surface area contributed by atoms with Gasteiger partial charge in [-0.1, -0.05) is 26.2 Å². The van der Waals surface area contributed by atoms with Crippen LogP contribution in [0.15, 0.2) is 11.8 Å². The Morgan fingerprint density at radius 2 is 1.65 bits per heavy atom. The van der Waals surface area contributed by atoms with E-state index >= 15 is 0 Å². The fourth-order valence-corrected chi connectivity index (χ4v) is 1.85. The zero-order valence-electron chi connectivity index (χ0n) is 14.4. The molecule has 0 aromatic carbocycles. The number of hydrogen-bond acceptors (Lipinski definition) is 7. The standard InChI is InChI=1S/C16H27NO6/c1-5-7-8-9-10-17(12-14(18)21-3)11-13(15(19)22-4)16(20)23-6-2/h11H,5-10,12H2,1-4H3/b13-11-. The number of hydrogen-bond donors (Lipinski definition) is 0. The molecule has 0 N–H and O–H groups in total. The Morgan fingerprint density at radius 3 is 2.17 bits per heavy atom. The summed E-state index contributed by atoms with van der Waals surface area (Å²) in [5, 5.41) is 0. The van der Waals surface area contributed by atoms with Crippen LogP contribution in [0, 0.1) is 0 Å². The summed E-state index contributed by atoms with van der Waals surface area (Å²) in [6, 6.07) is 0. The van der Waals surface area contributed by atoms with Gasteiger partial charge in [0, 0.05) is 12.7 Å². The van der Waals surface area contributed by atoms with Crippen LogP contribution >= 0.6 is 0 Å². The van der Waals surface area contributed by atoms with E-state index in [1.165, 1.54) is 20.4 Å². The lowest BCUT2D eigenvalue weighted by molar-refractivity contribution is -0.146. The predicted molar refractivity (Wildman–Crippen MR) is 84.5 cm³/mol. The van der Waals surface area contributed by atoms with E-state index in [9.17, 15) is 14.4 Å². The van der Waals surface area contributed by atoms with Crippen LogP contribution in [-0.4, -0.2) is 56.7 Å². The molecule has 0 aliphatic carbocycles. The molecule has 0 aliphatic heterocycles. The van der Waals surface area contributed by atoms with Gasteiger partial charge in [-0.05, 0) is 13.3 Å². The Morgan fingerprint density at radius 1 is 0.957 bits per heavy atom. The minimum absolute atomic E-state index is 0.0531. The first kappa shape index (κ1) is 20.9. The fraction of sp³-hybridized carbons (Fsp3) is 0.688. The van der Waals surface area contributed by atoms with Gasteiger partial charge in [0.1, 0.15) is 6.54 Å². The zero-order valence-corrected chi connectivity index (χ0v) is 14.4. The second-order valence-electron chi connectivity index (χ2n) is 4.86. The Hall–Kier alpha value is -2.05. The SMILES string of the molecule is CCCCCCN(/C=C(/C(=O)OC)C(=O)OCC)CC(=O)OC. The van der Waals surface area contributed by atoms with Gasteiger partial charge in [-0.3, -0.25) is 4.79 Å². The third-order valence-corrected chi connectivity index (χ3v) is 3.07. The fourth-order valence-electron chi connectivity index (χ4n) is 1.85. The van der Waals surface area contributed by atoms with E-state index in [-0.39, 0.29) is 18.7 Å². The molecule has 0 heterocycles. The third kappa shape index (κ3) is 8.85. The lowest BCUT2D eigenvalue weighted by Crippen LogP contribution is -2.30. The molecular formula is C16H27NO6. The van der Waals surface area contributed by atoms with Crippen molar-refractivity contribution in [3.63, 3.8) is 0 Å². The Labute approximate surface area is 137 Å². The number of ether oxygens (including phenoxy) is 3. The lowest BCUT2D eigenvalue weighted by Gasteiger charge is -2.20. The smallest absolute Gasteiger partial charge is 0.347 e. The molecule has 0 radical (unpaired) electrons. The molecule has 0 bridgehead atoms. The van der Waals surface area contributed by atoms with Crippen LogP contribution in [0.5, 0.6) is 0 Å². The van der Waals surface area contributed by atoms with Crippen LogP contribution in [0.2, 0.25) is 0 Å². The van der Waals surface area contributed by atoms with Crippen LogP contribution in [0.3, 0.4) is 0 Å². The van der Waals surface area contributed by atoms with Gasteiger partial charge in [-0.25, -0.2) is 9.59 Å². The number of nitrogens with zero attached hydrogens (tertiary/aromatic N) is 1. The minimum atomic E-state index is -0.799. The van der Waals surface area contributed by atoms with Crippen LogP contribution in [-0.2, 0) is 28.6 Å². The molecule has 0 aromatic rings. The molecule has 0 saturated carbocycles. The molecule has 0 atom stereocenters. The Kier molecular flexibility index (Phi) is 11.4. The molecule has 0 fully saturated rings. The normalized spacial score (nSPS) is 10.9. The Bertz CT molecular complexity index is 419. The number of carbonyl (C=O) groups excluding carboxylic acids is 3. The highest BCUT2D eigenvalue weighted by Crippen LogP contribution is 2.08. The van der Waals surface area contributed by atoms with Crippen molar-refractivity contribution in [1.29, 1.82) is 0 Å². The van der Waals surface area contributed by atoms with Gasteiger partial charge in [-0.15, -0.1) is 0 Å². The van der Waals surface area contributed by atoms with Crippen molar-refractivity contribution in [3.8, 4) is 0 Å². The average molecular weight is 329 g/mol. The molecule has 0 saturated heterocycles. The number of carbonyl (C=O) groups is 3. The van der Waals surface area contributed by atoms with Crippen molar-refractivity contribution in [2.45, 2.75) is 39.5 Å². The summed E-state index contributed by atoms with van der Waals surface area (Å²) >= 11 is 0. The van der Waals surface area contributed by atoms with Crippen molar-refractivity contribution in [1.82, 2.24) is 4.90 Å². The van der Waals surface area contributed by atoms with Crippen LogP contribution in [0.1, 0.15) is 39.5 Å². The summed E-state index contributed by atoms with van der Waals surface area (Å²) < 4.78 is 14.1. The molecular weight excluding hydrogens is 302 g/mol. The quantitative estimate of drug-likeness (QED) is 0.142. The predicted octanol–water partition coefficient (Wildman–Crippen LogP) is 1.66. The lowest BCUT2D eigenvalue weighted by atomic mass is 10.2. The minimum Gasteiger partial charge on any atom is -0.468 e. The molecule has 0 rings (SSSR count). The largest absolute Gasteiger partial charge is 0.468 e. The van der Waals surface area contributed by atoms with E-state index in [0.29, 0.717) is 6.54 Å². The number of esters is 3. The summed E-state index contributed by atoms with van der Waals surface area (Å²) in [7, 11) is 2.47. The van der Waals surface area contributed by atoms with E-state index in [1.807, 2.05) is 0 Å². The third-order valence-electron chi connectivity index (χ3n) is 3.07. The molecule has 132 valence electrons. The van der Waals surface area contributed by atoms with Crippen LogP contribution in [0.25, 0.3) is 0 Å². The molecule has 7 heteroatoms.